The van der Waals surface area contributed by atoms with E-state index in [4.69, 9.17) is 0 Å². The highest BCUT2D eigenvalue weighted by Gasteiger charge is 2.12. The van der Waals surface area contributed by atoms with Crippen LogP contribution in [0.2, 0.25) is 0 Å². The van der Waals surface area contributed by atoms with Crippen LogP contribution in [0.4, 0.5) is 16.2 Å². The Balaban J connectivity index is 1.78. The van der Waals surface area contributed by atoms with Crippen molar-refractivity contribution in [3.63, 3.8) is 0 Å². The van der Waals surface area contributed by atoms with Crippen molar-refractivity contribution in [2.24, 2.45) is 0 Å². The Hall–Kier alpha value is -3.60. The van der Waals surface area contributed by atoms with Crippen LogP contribution < -0.4 is 10.6 Å². The maximum absolute atomic E-state index is 12.3. The third-order valence-corrected chi connectivity index (χ3v) is 4.34. The number of para-hydroxylation sites is 1. The number of amides is 2. The van der Waals surface area contributed by atoms with Crippen LogP contribution in [0.25, 0.3) is 11.1 Å². The number of carbonyl (C=O) groups is 2. The summed E-state index contributed by atoms with van der Waals surface area (Å²) in [6.07, 6.45) is 0. The van der Waals surface area contributed by atoms with Crippen molar-refractivity contribution in [2.45, 2.75) is 13.8 Å². The molecule has 3 N–H and O–H groups in total. The molecule has 0 saturated heterocycles. The lowest BCUT2D eigenvalue weighted by Gasteiger charge is -2.13. The molecule has 0 bridgehead atoms. The van der Waals surface area contributed by atoms with Crippen molar-refractivity contribution < 1.29 is 14.7 Å². The van der Waals surface area contributed by atoms with Crippen LogP contribution >= 0.6 is 0 Å². The molecule has 5 nitrogen and oxygen atoms in total. The highest BCUT2D eigenvalue weighted by molar-refractivity contribution is 6.04. The van der Waals surface area contributed by atoms with Crippen LogP contribution in [0.15, 0.2) is 66.7 Å². The first-order valence-corrected chi connectivity index (χ1v) is 8.52. The monoisotopic (exact) mass is 360 g/mol. The SMILES string of the molecule is Cc1cc(-c2ccccc2C)ccc1NC(=O)Nc1ccccc1C(=O)O. The standard InChI is InChI=1S/C22H20N2O3/c1-14-7-3-4-8-17(14)16-11-12-19(15(2)13-16)23-22(27)24-20-10-6-5-9-18(20)21(25)26/h3-13H,1-2H3,(H,25,26)(H2,23,24,27). The minimum Gasteiger partial charge on any atom is -0.478 e. The molecule has 3 aromatic carbocycles. The molecule has 0 atom stereocenters. The fraction of sp³-hybridized carbons (Fsp3) is 0.0909. The average molecular weight is 360 g/mol. The summed E-state index contributed by atoms with van der Waals surface area (Å²) in [5.41, 5.74) is 5.27. The van der Waals surface area contributed by atoms with Crippen LogP contribution in [0.5, 0.6) is 0 Å². The van der Waals surface area contributed by atoms with Crippen molar-refractivity contribution in [3.8, 4) is 11.1 Å². The second kappa shape index (κ2) is 7.74. The summed E-state index contributed by atoms with van der Waals surface area (Å²) in [5, 5.41) is 14.6. The van der Waals surface area contributed by atoms with Crippen LogP contribution in [-0.2, 0) is 0 Å². The van der Waals surface area contributed by atoms with Gasteiger partial charge >= 0.3 is 12.0 Å². The van der Waals surface area contributed by atoms with Crippen molar-refractivity contribution in [1.82, 2.24) is 0 Å². The fourth-order valence-corrected chi connectivity index (χ4v) is 2.92. The Morgan fingerprint density at radius 3 is 2.15 bits per heavy atom. The molecule has 0 heterocycles. The molecule has 0 aromatic heterocycles. The second-order valence-electron chi connectivity index (χ2n) is 6.27. The summed E-state index contributed by atoms with van der Waals surface area (Å²) in [7, 11) is 0. The number of hydrogen-bond donors (Lipinski definition) is 3. The molecule has 3 aromatic rings. The maximum Gasteiger partial charge on any atom is 0.337 e. The molecule has 0 aliphatic rings. The first kappa shape index (κ1) is 18.2. The van der Waals surface area contributed by atoms with E-state index in [9.17, 15) is 14.7 Å². The number of aryl methyl sites for hydroxylation is 2. The summed E-state index contributed by atoms with van der Waals surface area (Å²) >= 11 is 0. The van der Waals surface area contributed by atoms with Gasteiger partial charge in [-0.1, -0.05) is 42.5 Å². The summed E-state index contributed by atoms with van der Waals surface area (Å²) in [6, 6.07) is 19.7. The van der Waals surface area contributed by atoms with Gasteiger partial charge in [-0.15, -0.1) is 0 Å². The third kappa shape index (κ3) is 4.15. The predicted octanol–water partition coefficient (Wildman–Crippen LogP) is 5.31. The van der Waals surface area contributed by atoms with E-state index < -0.39 is 12.0 Å². The first-order valence-electron chi connectivity index (χ1n) is 8.52. The Morgan fingerprint density at radius 2 is 1.44 bits per heavy atom. The van der Waals surface area contributed by atoms with Gasteiger partial charge in [-0.25, -0.2) is 9.59 Å². The molecule has 2 amide bonds. The Labute approximate surface area is 157 Å². The highest BCUT2D eigenvalue weighted by Crippen LogP contribution is 2.27. The van der Waals surface area contributed by atoms with Crippen molar-refractivity contribution >= 4 is 23.4 Å². The van der Waals surface area contributed by atoms with E-state index in [2.05, 4.69) is 29.7 Å². The molecule has 0 unspecified atom stereocenters. The number of hydrogen-bond acceptors (Lipinski definition) is 2. The molecule has 0 radical (unpaired) electrons. The lowest BCUT2D eigenvalue weighted by atomic mass is 9.98. The molecule has 0 spiro atoms. The van der Waals surface area contributed by atoms with E-state index in [-0.39, 0.29) is 11.3 Å². The van der Waals surface area contributed by atoms with Crippen LogP contribution in [0.1, 0.15) is 21.5 Å². The molecule has 0 aliphatic carbocycles. The molecule has 27 heavy (non-hydrogen) atoms. The van der Waals surface area contributed by atoms with E-state index >= 15 is 0 Å². The summed E-state index contributed by atoms with van der Waals surface area (Å²) in [4.78, 5) is 23.5. The minimum atomic E-state index is -1.09. The number of rotatable bonds is 4. The van der Waals surface area contributed by atoms with Gasteiger partial charge in [-0.3, -0.25) is 0 Å². The molecule has 136 valence electrons. The summed E-state index contributed by atoms with van der Waals surface area (Å²) < 4.78 is 0. The number of carboxylic acids is 1. The number of urea groups is 1. The third-order valence-electron chi connectivity index (χ3n) is 4.34. The average Bonchev–Trinajstić information content (AvgIpc) is 2.64. The van der Waals surface area contributed by atoms with E-state index in [0.717, 1.165) is 16.7 Å². The van der Waals surface area contributed by atoms with Gasteiger partial charge in [0.05, 0.1) is 11.3 Å². The van der Waals surface area contributed by atoms with Gasteiger partial charge in [-0.05, 0) is 60.4 Å². The second-order valence-corrected chi connectivity index (χ2v) is 6.27. The van der Waals surface area contributed by atoms with Gasteiger partial charge in [-0.2, -0.15) is 0 Å². The molecule has 0 saturated carbocycles. The smallest absolute Gasteiger partial charge is 0.337 e. The molecule has 0 fully saturated rings. The highest BCUT2D eigenvalue weighted by atomic mass is 16.4. The predicted molar refractivity (Wildman–Crippen MR) is 107 cm³/mol. The number of aromatic carboxylic acids is 1. The minimum absolute atomic E-state index is 0.0410. The van der Waals surface area contributed by atoms with Gasteiger partial charge in [0.25, 0.3) is 0 Å². The zero-order valence-electron chi connectivity index (χ0n) is 15.1. The molecular weight excluding hydrogens is 340 g/mol. The Morgan fingerprint density at radius 1 is 0.778 bits per heavy atom. The Bertz CT molecular complexity index is 1010. The zero-order valence-corrected chi connectivity index (χ0v) is 15.1. The number of anilines is 2. The fourth-order valence-electron chi connectivity index (χ4n) is 2.92. The quantitative estimate of drug-likeness (QED) is 0.590. The van der Waals surface area contributed by atoms with E-state index in [1.807, 2.05) is 37.3 Å². The molecule has 3 rings (SSSR count). The van der Waals surface area contributed by atoms with E-state index in [1.165, 1.54) is 11.6 Å². The van der Waals surface area contributed by atoms with Crippen molar-refractivity contribution in [3.05, 3.63) is 83.4 Å². The van der Waals surface area contributed by atoms with Gasteiger partial charge in [0, 0.05) is 5.69 Å². The maximum atomic E-state index is 12.3. The Kier molecular flexibility index (Phi) is 5.22. The largest absolute Gasteiger partial charge is 0.478 e. The summed E-state index contributed by atoms with van der Waals surface area (Å²) in [6.45, 7) is 3.98. The van der Waals surface area contributed by atoms with Crippen molar-refractivity contribution in [2.75, 3.05) is 10.6 Å². The molecule has 5 heteroatoms. The van der Waals surface area contributed by atoms with Crippen LogP contribution in [-0.4, -0.2) is 17.1 Å². The summed E-state index contributed by atoms with van der Waals surface area (Å²) in [5.74, 6) is -1.09. The van der Waals surface area contributed by atoms with Crippen molar-refractivity contribution in [1.29, 1.82) is 0 Å². The first-order chi connectivity index (χ1) is 13.0. The molecule has 0 aliphatic heterocycles. The molecular formula is C22H20N2O3. The van der Waals surface area contributed by atoms with Crippen LogP contribution in [0, 0.1) is 13.8 Å². The van der Waals surface area contributed by atoms with Gasteiger partial charge in [0.15, 0.2) is 0 Å². The van der Waals surface area contributed by atoms with E-state index in [1.54, 1.807) is 18.2 Å². The van der Waals surface area contributed by atoms with E-state index in [0.29, 0.717) is 5.69 Å². The normalized spacial score (nSPS) is 10.3. The van der Waals surface area contributed by atoms with Gasteiger partial charge in [0.1, 0.15) is 0 Å². The number of benzene rings is 3. The lowest BCUT2D eigenvalue weighted by molar-refractivity contribution is 0.0698. The lowest BCUT2D eigenvalue weighted by Crippen LogP contribution is -2.21. The number of nitrogens with one attached hydrogen (secondary N) is 2. The van der Waals surface area contributed by atoms with Gasteiger partial charge < -0.3 is 15.7 Å². The topological polar surface area (TPSA) is 78.4 Å². The van der Waals surface area contributed by atoms with Crippen LogP contribution in [0.3, 0.4) is 0 Å². The number of carboxylic acid groups (broad SMARTS) is 1. The zero-order chi connectivity index (χ0) is 19.4. The number of carbonyl (C=O) groups excluding carboxylic acids is 1. The van der Waals surface area contributed by atoms with Gasteiger partial charge in [0.2, 0.25) is 0 Å².